The Morgan fingerprint density at radius 2 is 1.55 bits per heavy atom. The van der Waals surface area contributed by atoms with E-state index in [1.807, 2.05) is 32.0 Å². The van der Waals surface area contributed by atoms with E-state index in [2.05, 4.69) is 10.6 Å². The second kappa shape index (κ2) is 10.8. The summed E-state index contributed by atoms with van der Waals surface area (Å²) in [7, 11) is 0. The fraction of sp³-hybridized carbons (Fsp3) is 0.704. The fourth-order valence-corrected chi connectivity index (χ4v) is 6.71. The second-order valence-electron chi connectivity index (χ2n) is 10.3. The molecule has 6 nitrogen and oxygen atoms in total. The molecule has 0 radical (unpaired) electrons. The van der Waals surface area contributed by atoms with E-state index in [0.717, 1.165) is 60.5 Å². The molecule has 182 valence electrons. The van der Waals surface area contributed by atoms with Crippen molar-refractivity contribution in [1.82, 2.24) is 10.6 Å². The molecule has 4 aliphatic rings. The Hall–Kier alpha value is -2.24. The molecule has 6 heteroatoms. The predicted octanol–water partition coefficient (Wildman–Crippen LogP) is 4.26. The summed E-state index contributed by atoms with van der Waals surface area (Å²) in [5, 5.41) is 6.16. The lowest BCUT2D eigenvalue weighted by atomic mass is 9.49. The van der Waals surface area contributed by atoms with Gasteiger partial charge in [-0.25, -0.2) is 0 Å². The van der Waals surface area contributed by atoms with Crippen molar-refractivity contribution in [2.45, 2.75) is 71.6 Å². The highest BCUT2D eigenvalue weighted by atomic mass is 16.5. The minimum atomic E-state index is -0.102. The Kier molecular flexibility index (Phi) is 7.82. The van der Waals surface area contributed by atoms with E-state index in [1.165, 1.54) is 19.3 Å². The zero-order valence-corrected chi connectivity index (χ0v) is 20.3. The number of ether oxygens (including phenoxy) is 2. The van der Waals surface area contributed by atoms with E-state index < -0.39 is 0 Å². The highest BCUT2D eigenvalue weighted by molar-refractivity contribution is 5.83. The van der Waals surface area contributed by atoms with Crippen molar-refractivity contribution in [1.29, 1.82) is 0 Å². The molecule has 4 bridgehead atoms. The van der Waals surface area contributed by atoms with Gasteiger partial charge in [0.25, 0.3) is 0 Å². The van der Waals surface area contributed by atoms with E-state index in [0.29, 0.717) is 39.1 Å². The first kappa shape index (κ1) is 23.9. The SMILES string of the molecule is CCOc1ccc(CCNC(=O)CCCNC(=O)C23CC4CC(CC(C4)C2)C3)cc1OCC. The smallest absolute Gasteiger partial charge is 0.226 e. The third-order valence-electron chi connectivity index (χ3n) is 7.73. The molecule has 0 saturated heterocycles. The first-order chi connectivity index (χ1) is 16.0. The van der Waals surface area contributed by atoms with Crippen LogP contribution < -0.4 is 20.1 Å². The first-order valence-corrected chi connectivity index (χ1v) is 12.9. The number of nitrogens with one attached hydrogen (secondary N) is 2. The van der Waals surface area contributed by atoms with Crippen LogP contribution in [0, 0.1) is 23.2 Å². The minimum absolute atomic E-state index is 0.0371. The maximum atomic E-state index is 13.0. The van der Waals surface area contributed by atoms with Gasteiger partial charge in [-0.1, -0.05) is 6.07 Å². The van der Waals surface area contributed by atoms with Crippen molar-refractivity contribution in [2.24, 2.45) is 23.2 Å². The largest absolute Gasteiger partial charge is 0.490 e. The molecule has 4 aliphatic carbocycles. The summed E-state index contributed by atoms with van der Waals surface area (Å²) in [4.78, 5) is 25.2. The number of benzene rings is 1. The van der Waals surface area contributed by atoms with Crippen LogP contribution in [0.1, 0.15) is 70.8 Å². The molecule has 1 aromatic carbocycles. The molecule has 0 unspecified atom stereocenters. The molecule has 2 amide bonds. The van der Waals surface area contributed by atoms with Gasteiger partial charge >= 0.3 is 0 Å². The van der Waals surface area contributed by atoms with Crippen LogP contribution in [0.2, 0.25) is 0 Å². The number of rotatable bonds is 12. The summed E-state index contributed by atoms with van der Waals surface area (Å²) in [6.45, 7) is 6.25. The molecule has 33 heavy (non-hydrogen) atoms. The van der Waals surface area contributed by atoms with Gasteiger partial charge in [-0.05, 0) is 101 Å². The van der Waals surface area contributed by atoms with Crippen molar-refractivity contribution in [2.75, 3.05) is 26.3 Å². The van der Waals surface area contributed by atoms with E-state index in [9.17, 15) is 9.59 Å². The lowest BCUT2D eigenvalue weighted by molar-refractivity contribution is -0.146. The summed E-state index contributed by atoms with van der Waals surface area (Å²) in [6.07, 6.45) is 9.14. The summed E-state index contributed by atoms with van der Waals surface area (Å²) >= 11 is 0. The maximum absolute atomic E-state index is 13.0. The summed E-state index contributed by atoms with van der Waals surface area (Å²) < 4.78 is 11.3. The van der Waals surface area contributed by atoms with Gasteiger partial charge in [0.15, 0.2) is 11.5 Å². The molecule has 2 N–H and O–H groups in total. The van der Waals surface area contributed by atoms with Crippen LogP contribution in [0.4, 0.5) is 0 Å². The summed E-state index contributed by atoms with van der Waals surface area (Å²) in [5.74, 6) is 4.10. The Bertz CT molecular complexity index is 802. The molecule has 0 atom stereocenters. The predicted molar refractivity (Wildman–Crippen MR) is 128 cm³/mol. The Morgan fingerprint density at radius 3 is 2.18 bits per heavy atom. The number of carbonyl (C=O) groups excluding carboxylic acids is 2. The van der Waals surface area contributed by atoms with Crippen molar-refractivity contribution >= 4 is 11.8 Å². The highest BCUT2D eigenvalue weighted by Gasteiger charge is 2.54. The molecule has 1 aromatic rings. The van der Waals surface area contributed by atoms with Crippen molar-refractivity contribution in [3.8, 4) is 11.5 Å². The first-order valence-electron chi connectivity index (χ1n) is 12.9. The number of hydrogen-bond acceptors (Lipinski definition) is 4. The van der Waals surface area contributed by atoms with Crippen molar-refractivity contribution in [3.63, 3.8) is 0 Å². The van der Waals surface area contributed by atoms with E-state index in [-0.39, 0.29) is 17.2 Å². The minimum Gasteiger partial charge on any atom is -0.490 e. The zero-order chi connectivity index (χ0) is 23.3. The average Bonchev–Trinajstić information content (AvgIpc) is 2.77. The number of carbonyl (C=O) groups is 2. The molecule has 5 rings (SSSR count). The van der Waals surface area contributed by atoms with Crippen molar-refractivity contribution < 1.29 is 19.1 Å². The summed E-state index contributed by atoms with van der Waals surface area (Å²) in [5.41, 5.74) is 1.000. The van der Waals surface area contributed by atoms with Crippen LogP contribution in [0.15, 0.2) is 18.2 Å². The molecule has 0 spiro atoms. The monoisotopic (exact) mass is 456 g/mol. The zero-order valence-electron chi connectivity index (χ0n) is 20.3. The number of amides is 2. The third-order valence-corrected chi connectivity index (χ3v) is 7.73. The molecular weight excluding hydrogens is 416 g/mol. The third kappa shape index (κ3) is 5.82. The molecule has 0 heterocycles. The van der Waals surface area contributed by atoms with Crippen LogP contribution >= 0.6 is 0 Å². The van der Waals surface area contributed by atoms with Gasteiger partial charge in [0.05, 0.1) is 13.2 Å². The van der Waals surface area contributed by atoms with Gasteiger partial charge in [0.2, 0.25) is 11.8 Å². The van der Waals surface area contributed by atoms with Gasteiger partial charge in [0, 0.05) is 24.9 Å². The van der Waals surface area contributed by atoms with Crippen LogP contribution in [-0.2, 0) is 16.0 Å². The normalized spacial score (nSPS) is 27.3. The second-order valence-corrected chi connectivity index (χ2v) is 10.3. The fourth-order valence-electron chi connectivity index (χ4n) is 6.71. The molecule has 0 aliphatic heterocycles. The van der Waals surface area contributed by atoms with Gasteiger partial charge in [-0.15, -0.1) is 0 Å². The number of hydrogen-bond donors (Lipinski definition) is 2. The highest BCUT2D eigenvalue weighted by Crippen LogP contribution is 2.60. The van der Waals surface area contributed by atoms with Crippen LogP contribution in [-0.4, -0.2) is 38.1 Å². The average molecular weight is 457 g/mol. The maximum Gasteiger partial charge on any atom is 0.226 e. The van der Waals surface area contributed by atoms with Crippen molar-refractivity contribution in [3.05, 3.63) is 23.8 Å². The van der Waals surface area contributed by atoms with Gasteiger partial charge in [-0.3, -0.25) is 9.59 Å². The topological polar surface area (TPSA) is 76.7 Å². The quantitative estimate of drug-likeness (QED) is 0.461. The Morgan fingerprint density at radius 1 is 0.909 bits per heavy atom. The summed E-state index contributed by atoms with van der Waals surface area (Å²) in [6, 6.07) is 5.93. The van der Waals surface area contributed by atoms with E-state index >= 15 is 0 Å². The molecular formula is C27H40N2O4. The van der Waals surface area contributed by atoms with E-state index in [4.69, 9.17) is 9.47 Å². The molecule has 0 aromatic heterocycles. The van der Waals surface area contributed by atoms with Crippen LogP contribution in [0.25, 0.3) is 0 Å². The molecule has 4 fully saturated rings. The lowest BCUT2D eigenvalue weighted by Crippen LogP contribution is -2.53. The van der Waals surface area contributed by atoms with Gasteiger partial charge in [0.1, 0.15) is 0 Å². The van der Waals surface area contributed by atoms with E-state index in [1.54, 1.807) is 0 Å². The standard InChI is InChI=1S/C27H40N2O4/c1-3-32-23-8-7-19(15-24(23)33-4-2)9-11-28-25(30)6-5-10-29-26(31)27-16-20-12-21(17-27)14-22(13-20)18-27/h7-8,15,20-22H,3-6,9-14,16-18H2,1-2H3,(H,28,30)(H,29,31). The van der Waals surface area contributed by atoms with Gasteiger partial charge in [-0.2, -0.15) is 0 Å². The Labute approximate surface area is 198 Å². The van der Waals surface area contributed by atoms with Crippen LogP contribution in [0.3, 0.4) is 0 Å². The lowest BCUT2D eigenvalue weighted by Gasteiger charge is -2.55. The van der Waals surface area contributed by atoms with Gasteiger partial charge < -0.3 is 20.1 Å². The Balaban J connectivity index is 1.14. The molecule has 4 saturated carbocycles. The van der Waals surface area contributed by atoms with Crippen LogP contribution in [0.5, 0.6) is 11.5 Å².